The molecule has 0 bridgehead atoms. The number of nitrogens with zero attached hydrogens (tertiary/aromatic N) is 3. The number of rotatable bonds is 5. The van der Waals surface area contributed by atoms with Gasteiger partial charge in [0.05, 0.1) is 17.1 Å². The maximum absolute atomic E-state index is 12.1. The Morgan fingerprint density at radius 2 is 2.33 bits per heavy atom. The van der Waals surface area contributed by atoms with Crippen LogP contribution in [-0.2, 0) is 0 Å². The Kier molecular flexibility index (Phi) is 4.48. The van der Waals surface area contributed by atoms with Crippen molar-refractivity contribution in [1.29, 1.82) is 0 Å². The number of aromatic amines is 1. The average Bonchev–Trinajstić information content (AvgIpc) is 2.86. The standard InChI is InChI=1S/C11H10BrN5O4/c1-2-21-11-14-10(15-16-11)13-9(18)6-4-3-5-7(8(6)12)17(19)20/h3-5H,2H2,1H3,(H2,13,14,15,16,18). The number of hydrogen-bond donors (Lipinski definition) is 2. The molecule has 0 saturated carbocycles. The van der Waals surface area contributed by atoms with Crippen molar-refractivity contribution >= 4 is 33.5 Å². The Hall–Kier alpha value is -2.49. The van der Waals surface area contributed by atoms with Gasteiger partial charge in [0.15, 0.2) is 0 Å². The number of halogens is 1. The van der Waals surface area contributed by atoms with Crippen molar-refractivity contribution in [2.45, 2.75) is 6.92 Å². The summed E-state index contributed by atoms with van der Waals surface area (Å²) >= 11 is 3.05. The van der Waals surface area contributed by atoms with E-state index in [1.165, 1.54) is 18.2 Å². The van der Waals surface area contributed by atoms with Crippen LogP contribution in [0.2, 0.25) is 0 Å². The maximum Gasteiger partial charge on any atom is 0.337 e. The molecule has 0 fully saturated rings. The second kappa shape index (κ2) is 6.31. The number of nitro groups is 1. The molecule has 0 aliphatic carbocycles. The van der Waals surface area contributed by atoms with Gasteiger partial charge >= 0.3 is 6.01 Å². The summed E-state index contributed by atoms with van der Waals surface area (Å²) in [4.78, 5) is 26.2. The number of hydrogen-bond acceptors (Lipinski definition) is 6. The first-order valence-electron chi connectivity index (χ1n) is 5.82. The number of nitrogens with one attached hydrogen (secondary N) is 2. The van der Waals surface area contributed by atoms with E-state index in [2.05, 4.69) is 36.4 Å². The van der Waals surface area contributed by atoms with Crippen molar-refractivity contribution in [1.82, 2.24) is 15.2 Å². The van der Waals surface area contributed by atoms with E-state index in [9.17, 15) is 14.9 Å². The van der Waals surface area contributed by atoms with Gasteiger partial charge in [0.25, 0.3) is 11.6 Å². The smallest absolute Gasteiger partial charge is 0.337 e. The Morgan fingerprint density at radius 3 is 3.00 bits per heavy atom. The molecule has 0 aliphatic heterocycles. The van der Waals surface area contributed by atoms with E-state index in [0.717, 1.165) is 0 Å². The third-order valence-corrected chi connectivity index (χ3v) is 3.22. The minimum atomic E-state index is -0.581. The number of H-pyrrole nitrogens is 1. The second-order valence-electron chi connectivity index (χ2n) is 3.75. The van der Waals surface area contributed by atoms with E-state index in [4.69, 9.17) is 4.74 Å². The molecule has 1 amide bonds. The van der Waals surface area contributed by atoms with Crippen LogP contribution >= 0.6 is 15.9 Å². The van der Waals surface area contributed by atoms with Crippen molar-refractivity contribution in [3.05, 3.63) is 38.3 Å². The lowest BCUT2D eigenvalue weighted by atomic mass is 10.2. The number of aromatic nitrogens is 3. The van der Waals surface area contributed by atoms with Gasteiger partial charge in [-0.1, -0.05) is 6.07 Å². The highest BCUT2D eigenvalue weighted by atomic mass is 79.9. The Bertz CT molecular complexity index is 687. The van der Waals surface area contributed by atoms with E-state index in [-0.39, 0.29) is 27.7 Å². The van der Waals surface area contributed by atoms with Crippen molar-refractivity contribution in [2.24, 2.45) is 0 Å². The predicted molar refractivity (Wildman–Crippen MR) is 76.3 cm³/mol. The molecular weight excluding hydrogens is 346 g/mol. The molecule has 10 heteroatoms. The topological polar surface area (TPSA) is 123 Å². The summed E-state index contributed by atoms with van der Waals surface area (Å²) in [6.07, 6.45) is 0. The molecule has 1 aromatic carbocycles. The summed E-state index contributed by atoms with van der Waals surface area (Å²) in [5, 5.41) is 19.5. The fraction of sp³-hybridized carbons (Fsp3) is 0.182. The highest BCUT2D eigenvalue weighted by Crippen LogP contribution is 2.28. The minimum Gasteiger partial charge on any atom is -0.463 e. The van der Waals surface area contributed by atoms with Crippen molar-refractivity contribution in [3.8, 4) is 6.01 Å². The lowest BCUT2D eigenvalue weighted by molar-refractivity contribution is -0.385. The molecule has 1 heterocycles. The van der Waals surface area contributed by atoms with Crippen LogP contribution in [0.4, 0.5) is 11.6 Å². The van der Waals surface area contributed by atoms with E-state index < -0.39 is 10.8 Å². The lowest BCUT2D eigenvalue weighted by Gasteiger charge is -2.04. The van der Waals surface area contributed by atoms with E-state index in [1.807, 2.05) is 0 Å². The Labute approximate surface area is 127 Å². The minimum absolute atomic E-state index is 0.0851. The molecule has 0 saturated heterocycles. The summed E-state index contributed by atoms with van der Waals surface area (Å²) in [7, 11) is 0. The molecule has 2 aromatic rings. The van der Waals surface area contributed by atoms with Gasteiger partial charge in [0.2, 0.25) is 5.95 Å². The number of ether oxygens (including phenoxy) is 1. The number of nitro benzene ring substituents is 1. The lowest BCUT2D eigenvalue weighted by Crippen LogP contribution is -2.14. The molecule has 2 N–H and O–H groups in total. The molecule has 0 spiro atoms. The quantitative estimate of drug-likeness (QED) is 0.625. The van der Waals surface area contributed by atoms with Crippen LogP contribution in [0.1, 0.15) is 17.3 Å². The molecular formula is C11H10BrN5O4. The summed E-state index contributed by atoms with van der Waals surface area (Å²) in [5.41, 5.74) is -0.0891. The maximum atomic E-state index is 12.1. The highest BCUT2D eigenvalue weighted by Gasteiger charge is 2.20. The van der Waals surface area contributed by atoms with E-state index >= 15 is 0 Å². The van der Waals surface area contributed by atoms with Gasteiger partial charge in [0, 0.05) is 6.07 Å². The van der Waals surface area contributed by atoms with Crippen LogP contribution in [0.3, 0.4) is 0 Å². The number of anilines is 1. The molecule has 21 heavy (non-hydrogen) atoms. The van der Waals surface area contributed by atoms with Crippen LogP contribution in [0.25, 0.3) is 0 Å². The third-order valence-electron chi connectivity index (χ3n) is 2.39. The van der Waals surface area contributed by atoms with Crippen LogP contribution < -0.4 is 10.1 Å². The monoisotopic (exact) mass is 355 g/mol. The predicted octanol–water partition coefficient (Wildman–Crippen LogP) is 2.13. The zero-order chi connectivity index (χ0) is 15.4. The van der Waals surface area contributed by atoms with Crippen LogP contribution in [-0.4, -0.2) is 32.6 Å². The Morgan fingerprint density at radius 1 is 1.57 bits per heavy atom. The molecule has 0 unspecified atom stereocenters. The Balaban J connectivity index is 2.20. The summed E-state index contributed by atoms with van der Waals surface area (Å²) in [5.74, 6) is -0.480. The van der Waals surface area contributed by atoms with E-state index in [1.54, 1.807) is 6.92 Å². The van der Waals surface area contributed by atoms with Gasteiger partial charge in [-0.3, -0.25) is 20.2 Å². The van der Waals surface area contributed by atoms with Crippen LogP contribution in [0.5, 0.6) is 6.01 Å². The van der Waals surface area contributed by atoms with Gasteiger partial charge in [-0.05, 0) is 28.9 Å². The average molecular weight is 356 g/mol. The first-order valence-corrected chi connectivity index (χ1v) is 6.61. The van der Waals surface area contributed by atoms with Crippen molar-refractivity contribution in [3.63, 3.8) is 0 Å². The number of benzene rings is 1. The van der Waals surface area contributed by atoms with Gasteiger partial charge in [-0.2, -0.15) is 4.98 Å². The summed E-state index contributed by atoms with van der Waals surface area (Å²) < 4.78 is 5.14. The van der Waals surface area contributed by atoms with Gasteiger partial charge in [-0.25, -0.2) is 5.10 Å². The summed E-state index contributed by atoms with van der Waals surface area (Å²) in [6.45, 7) is 2.16. The third kappa shape index (κ3) is 3.34. The summed E-state index contributed by atoms with van der Waals surface area (Å²) in [6, 6.07) is 4.27. The largest absolute Gasteiger partial charge is 0.463 e. The van der Waals surface area contributed by atoms with E-state index in [0.29, 0.717) is 6.61 Å². The zero-order valence-electron chi connectivity index (χ0n) is 10.8. The number of carbonyl (C=O) groups is 1. The molecule has 1 aromatic heterocycles. The second-order valence-corrected chi connectivity index (χ2v) is 4.54. The normalized spacial score (nSPS) is 10.2. The molecule has 0 aliphatic rings. The number of amides is 1. The highest BCUT2D eigenvalue weighted by molar-refractivity contribution is 9.10. The van der Waals surface area contributed by atoms with Crippen LogP contribution in [0, 0.1) is 10.1 Å². The molecule has 9 nitrogen and oxygen atoms in total. The molecule has 2 rings (SSSR count). The zero-order valence-corrected chi connectivity index (χ0v) is 12.4. The first-order chi connectivity index (χ1) is 10.0. The molecule has 0 radical (unpaired) electrons. The number of carbonyl (C=O) groups excluding carboxylic acids is 1. The van der Waals surface area contributed by atoms with Crippen LogP contribution in [0.15, 0.2) is 22.7 Å². The SMILES string of the molecule is CCOc1n[nH]c(NC(=O)c2cccc([N+](=O)[O-])c2Br)n1. The fourth-order valence-corrected chi connectivity index (χ4v) is 2.10. The van der Waals surface area contributed by atoms with Gasteiger partial charge in [0.1, 0.15) is 4.47 Å². The van der Waals surface area contributed by atoms with Gasteiger partial charge < -0.3 is 4.74 Å². The fourth-order valence-electron chi connectivity index (χ4n) is 1.51. The van der Waals surface area contributed by atoms with Crippen molar-refractivity contribution < 1.29 is 14.5 Å². The van der Waals surface area contributed by atoms with Gasteiger partial charge in [-0.15, -0.1) is 5.10 Å². The van der Waals surface area contributed by atoms with Crippen molar-refractivity contribution in [2.75, 3.05) is 11.9 Å². The molecule has 0 atom stereocenters. The molecule has 110 valence electrons. The first kappa shape index (κ1) is 14.9.